The third-order valence-corrected chi connectivity index (χ3v) is 4.61. The fourth-order valence-electron chi connectivity index (χ4n) is 3.25. The number of carboxylic acid groups (broad SMARTS) is 1. The standard InChI is InChI=1S/C18H16FN3O3/c1-18(2)12-6-10(14-5-4-11(8-20)21(14)3)7-13(19)16(12)22(17(18)25)9-15(23)24/h4-7H,9H2,1-3H3,(H,23,24). The third-order valence-electron chi connectivity index (χ3n) is 4.61. The largest absolute Gasteiger partial charge is 0.480 e. The van der Waals surface area contributed by atoms with Gasteiger partial charge in [0.05, 0.1) is 11.1 Å². The molecule has 1 aliphatic heterocycles. The Kier molecular flexibility index (Phi) is 3.64. The molecule has 0 aliphatic carbocycles. The molecular formula is C18H16FN3O3. The number of hydrogen-bond acceptors (Lipinski definition) is 3. The summed E-state index contributed by atoms with van der Waals surface area (Å²) in [6.07, 6.45) is 0. The summed E-state index contributed by atoms with van der Waals surface area (Å²) in [5.74, 6) is -2.32. The van der Waals surface area contributed by atoms with E-state index in [1.54, 1.807) is 43.7 Å². The molecule has 0 fully saturated rings. The number of fused-ring (bicyclic) bond motifs is 1. The lowest BCUT2D eigenvalue weighted by atomic mass is 9.85. The van der Waals surface area contributed by atoms with Crippen molar-refractivity contribution in [3.8, 4) is 17.3 Å². The van der Waals surface area contributed by atoms with E-state index in [0.29, 0.717) is 22.5 Å². The fourth-order valence-corrected chi connectivity index (χ4v) is 3.25. The molecule has 0 radical (unpaired) electrons. The maximum atomic E-state index is 14.8. The van der Waals surface area contributed by atoms with Crippen LogP contribution in [0.25, 0.3) is 11.3 Å². The van der Waals surface area contributed by atoms with E-state index in [1.807, 2.05) is 6.07 Å². The number of hydrogen-bond donors (Lipinski definition) is 1. The zero-order valence-electron chi connectivity index (χ0n) is 14.0. The van der Waals surface area contributed by atoms with Crippen molar-refractivity contribution in [1.29, 1.82) is 5.26 Å². The molecule has 1 aliphatic rings. The van der Waals surface area contributed by atoms with Crippen LogP contribution in [-0.2, 0) is 22.1 Å². The van der Waals surface area contributed by atoms with Gasteiger partial charge in [-0.25, -0.2) is 4.39 Å². The van der Waals surface area contributed by atoms with Crippen LogP contribution in [0.4, 0.5) is 10.1 Å². The molecule has 0 spiro atoms. The SMILES string of the molecule is Cn1c(C#N)ccc1-c1cc(F)c2c(c1)C(C)(C)C(=O)N2CC(=O)O. The van der Waals surface area contributed by atoms with Gasteiger partial charge >= 0.3 is 5.97 Å². The Morgan fingerprint density at radius 3 is 2.60 bits per heavy atom. The van der Waals surface area contributed by atoms with E-state index in [2.05, 4.69) is 0 Å². The number of aromatic nitrogens is 1. The van der Waals surface area contributed by atoms with Gasteiger partial charge in [0.2, 0.25) is 5.91 Å². The number of halogens is 1. The molecule has 2 heterocycles. The average molecular weight is 341 g/mol. The summed E-state index contributed by atoms with van der Waals surface area (Å²) in [4.78, 5) is 24.6. The van der Waals surface area contributed by atoms with Crippen molar-refractivity contribution in [3.63, 3.8) is 0 Å². The molecule has 0 unspecified atom stereocenters. The maximum Gasteiger partial charge on any atom is 0.323 e. The summed E-state index contributed by atoms with van der Waals surface area (Å²) < 4.78 is 16.5. The highest BCUT2D eigenvalue weighted by atomic mass is 19.1. The first-order valence-electron chi connectivity index (χ1n) is 7.62. The number of carbonyl (C=O) groups excluding carboxylic acids is 1. The first kappa shape index (κ1) is 16.7. The Labute approximate surface area is 143 Å². The normalized spacial score (nSPS) is 15.2. The number of benzene rings is 1. The van der Waals surface area contributed by atoms with Gasteiger partial charge in [0, 0.05) is 18.3 Å². The highest BCUT2D eigenvalue weighted by Gasteiger charge is 2.46. The van der Waals surface area contributed by atoms with E-state index in [4.69, 9.17) is 10.4 Å². The van der Waals surface area contributed by atoms with Crippen molar-refractivity contribution >= 4 is 17.6 Å². The van der Waals surface area contributed by atoms with E-state index in [-0.39, 0.29) is 5.69 Å². The number of aliphatic carboxylic acids is 1. The van der Waals surface area contributed by atoms with Crippen LogP contribution in [0.15, 0.2) is 24.3 Å². The van der Waals surface area contributed by atoms with Crippen molar-refractivity contribution in [1.82, 2.24) is 4.57 Å². The van der Waals surface area contributed by atoms with E-state index in [1.165, 1.54) is 6.07 Å². The summed E-state index contributed by atoms with van der Waals surface area (Å²) in [6, 6.07) is 8.34. The van der Waals surface area contributed by atoms with Crippen molar-refractivity contribution in [3.05, 3.63) is 41.3 Å². The lowest BCUT2D eigenvalue weighted by Gasteiger charge is -2.18. The van der Waals surface area contributed by atoms with Gasteiger partial charge in [-0.1, -0.05) is 0 Å². The van der Waals surface area contributed by atoms with Crippen molar-refractivity contribution < 1.29 is 19.1 Å². The van der Waals surface area contributed by atoms with Gasteiger partial charge < -0.3 is 9.67 Å². The summed E-state index contributed by atoms with van der Waals surface area (Å²) >= 11 is 0. The lowest BCUT2D eigenvalue weighted by Crippen LogP contribution is -2.39. The predicted octanol–water partition coefficient (Wildman–Crippen LogP) is 2.41. The number of rotatable bonds is 3. The second-order valence-corrected chi connectivity index (χ2v) is 6.54. The molecule has 25 heavy (non-hydrogen) atoms. The molecule has 6 nitrogen and oxygen atoms in total. The number of nitriles is 1. The minimum Gasteiger partial charge on any atom is -0.480 e. The molecule has 2 aromatic rings. The molecular weight excluding hydrogens is 325 g/mol. The number of carboxylic acids is 1. The molecule has 1 amide bonds. The van der Waals surface area contributed by atoms with Crippen molar-refractivity contribution in [2.75, 3.05) is 11.4 Å². The summed E-state index contributed by atoms with van der Waals surface area (Å²) in [7, 11) is 1.70. The number of amides is 1. The number of anilines is 1. The Morgan fingerprint density at radius 1 is 1.36 bits per heavy atom. The van der Waals surface area contributed by atoms with Crippen molar-refractivity contribution in [2.45, 2.75) is 19.3 Å². The van der Waals surface area contributed by atoms with E-state index in [0.717, 1.165) is 4.90 Å². The highest BCUT2D eigenvalue weighted by molar-refractivity contribution is 6.10. The molecule has 7 heteroatoms. The molecule has 0 bridgehead atoms. The zero-order chi connectivity index (χ0) is 18.5. The van der Waals surface area contributed by atoms with Gasteiger partial charge in [-0.2, -0.15) is 5.26 Å². The Morgan fingerprint density at radius 2 is 2.04 bits per heavy atom. The molecule has 1 N–H and O–H groups in total. The Hall–Kier alpha value is -3.14. The number of carbonyl (C=O) groups is 2. The van der Waals surface area contributed by atoms with E-state index >= 15 is 0 Å². The van der Waals surface area contributed by atoms with Gasteiger partial charge in [0.1, 0.15) is 24.1 Å². The molecule has 1 aromatic carbocycles. The van der Waals surface area contributed by atoms with Crippen LogP contribution in [0.1, 0.15) is 25.1 Å². The van der Waals surface area contributed by atoms with Gasteiger partial charge in [0.25, 0.3) is 0 Å². The summed E-state index contributed by atoms with van der Waals surface area (Å²) in [6.45, 7) is 2.70. The second-order valence-electron chi connectivity index (χ2n) is 6.54. The van der Waals surface area contributed by atoms with Crippen LogP contribution in [0.5, 0.6) is 0 Å². The summed E-state index contributed by atoms with van der Waals surface area (Å²) in [5, 5.41) is 18.1. The van der Waals surface area contributed by atoms with E-state index in [9.17, 15) is 14.0 Å². The average Bonchev–Trinajstić information content (AvgIpc) is 2.99. The van der Waals surface area contributed by atoms with Crippen LogP contribution in [-0.4, -0.2) is 28.1 Å². The highest BCUT2D eigenvalue weighted by Crippen LogP contribution is 2.45. The molecule has 0 saturated carbocycles. The fraction of sp³-hybridized carbons (Fsp3) is 0.278. The van der Waals surface area contributed by atoms with Crippen molar-refractivity contribution in [2.24, 2.45) is 7.05 Å². The third kappa shape index (κ3) is 2.38. The topological polar surface area (TPSA) is 86.3 Å². The first-order valence-corrected chi connectivity index (χ1v) is 7.62. The van der Waals surface area contributed by atoms with E-state index < -0.39 is 29.7 Å². The maximum absolute atomic E-state index is 14.8. The zero-order valence-corrected chi connectivity index (χ0v) is 14.0. The first-order chi connectivity index (χ1) is 11.7. The van der Waals surface area contributed by atoms with Crippen LogP contribution in [0.3, 0.4) is 0 Å². The molecule has 128 valence electrons. The predicted molar refractivity (Wildman–Crippen MR) is 88.5 cm³/mol. The molecule has 0 atom stereocenters. The van der Waals surface area contributed by atoms with Crippen LogP contribution in [0, 0.1) is 17.1 Å². The lowest BCUT2D eigenvalue weighted by molar-refractivity contribution is -0.137. The quantitative estimate of drug-likeness (QED) is 0.929. The monoisotopic (exact) mass is 341 g/mol. The van der Waals surface area contributed by atoms with Gasteiger partial charge in [0.15, 0.2) is 0 Å². The minimum absolute atomic E-state index is 0.0101. The minimum atomic E-state index is -1.21. The van der Waals surface area contributed by atoms with Crippen LogP contribution >= 0.6 is 0 Å². The molecule has 0 saturated heterocycles. The molecule has 3 rings (SSSR count). The van der Waals surface area contributed by atoms with Gasteiger partial charge in [-0.05, 0) is 43.7 Å². The van der Waals surface area contributed by atoms with Gasteiger partial charge in [-0.15, -0.1) is 0 Å². The van der Waals surface area contributed by atoms with Gasteiger partial charge in [-0.3, -0.25) is 14.5 Å². The van der Waals surface area contributed by atoms with Crippen LogP contribution in [0.2, 0.25) is 0 Å². The van der Waals surface area contributed by atoms with Crippen LogP contribution < -0.4 is 4.90 Å². The summed E-state index contributed by atoms with van der Waals surface area (Å²) in [5.41, 5.74) is 1.00. The molecule has 1 aromatic heterocycles. The smallest absolute Gasteiger partial charge is 0.323 e. The second kappa shape index (κ2) is 5.45. The Bertz CT molecular complexity index is 953. The number of nitrogens with zero attached hydrogens (tertiary/aromatic N) is 3. The Balaban J connectivity index is 2.21.